The summed E-state index contributed by atoms with van der Waals surface area (Å²) in [5.41, 5.74) is 1.60. The highest BCUT2D eigenvalue weighted by Crippen LogP contribution is 2.19. The lowest BCUT2D eigenvalue weighted by atomic mass is 9.97. The molecule has 1 aromatic heterocycles. The average molecular weight is 349 g/mol. The van der Waals surface area contributed by atoms with Crippen molar-refractivity contribution in [2.24, 2.45) is 0 Å². The van der Waals surface area contributed by atoms with Crippen LogP contribution in [0.5, 0.6) is 0 Å². The fourth-order valence-electron chi connectivity index (χ4n) is 2.36. The number of carbonyl (C=O) groups is 2. The number of allylic oxidation sites excluding steroid dienone is 1. The molecule has 0 aromatic carbocycles. The number of esters is 1. The summed E-state index contributed by atoms with van der Waals surface area (Å²) in [7, 11) is 0. The van der Waals surface area contributed by atoms with E-state index in [-0.39, 0.29) is 18.2 Å². The van der Waals surface area contributed by atoms with Gasteiger partial charge in [-0.25, -0.2) is 9.78 Å². The van der Waals surface area contributed by atoms with Gasteiger partial charge in [-0.2, -0.15) is 0 Å². The van der Waals surface area contributed by atoms with E-state index in [0.29, 0.717) is 18.2 Å². The van der Waals surface area contributed by atoms with Crippen molar-refractivity contribution in [1.82, 2.24) is 10.3 Å². The van der Waals surface area contributed by atoms with Gasteiger partial charge in [-0.15, -0.1) is 17.9 Å². The number of aromatic nitrogens is 1. The van der Waals surface area contributed by atoms with Gasteiger partial charge in [0.05, 0.1) is 0 Å². The number of hydrogen-bond donors (Lipinski definition) is 2. The molecule has 7 heteroatoms. The minimum Gasteiger partial charge on any atom is -0.451 e. The van der Waals surface area contributed by atoms with Gasteiger partial charge in [-0.3, -0.25) is 4.79 Å². The Morgan fingerprint density at radius 3 is 3.04 bits per heavy atom. The molecule has 1 aromatic rings. The van der Waals surface area contributed by atoms with E-state index in [1.807, 2.05) is 0 Å². The third-order valence-electron chi connectivity index (χ3n) is 3.60. The Balaban J connectivity index is 1.65. The molecule has 0 aliphatic heterocycles. The lowest BCUT2D eigenvalue weighted by molar-refractivity contribution is -0.124. The van der Waals surface area contributed by atoms with Gasteiger partial charge in [0.1, 0.15) is 0 Å². The van der Waals surface area contributed by atoms with Crippen molar-refractivity contribution in [3.8, 4) is 0 Å². The predicted molar refractivity (Wildman–Crippen MR) is 95.3 cm³/mol. The summed E-state index contributed by atoms with van der Waals surface area (Å²) in [4.78, 5) is 27.7. The zero-order valence-corrected chi connectivity index (χ0v) is 14.5. The monoisotopic (exact) mass is 349 g/mol. The van der Waals surface area contributed by atoms with Gasteiger partial charge in [0, 0.05) is 18.5 Å². The van der Waals surface area contributed by atoms with Gasteiger partial charge in [0.2, 0.25) is 0 Å². The SMILES string of the molecule is C=CCNc1nc(C(=O)OCC(=O)NCCC2=CCCCC2)cs1. The van der Waals surface area contributed by atoms with Crippen LogP contribution in [0.4, 0.5) is 5.13 Å². The number of amides is 1. The number of hydrogen-bond acceptors (Lipinski definition) is 6. The maximum absolute atomic E-state index is 11.8. The second kappa shape index (κ2) is 9.87. The molecule has 6 nitrogen and oxygen atoms in total. The molecule has 1 amide bonds. The molecule has 0 spiro atoms. The van der Waals surface area contributed by atoms with E-state index in [1.54, 1.807) is 11.5 Å². The van der Waals surface area contributed by atoms with Crippen LogP contribution in [0.1, 0.15) is 42.6 Å². The summed E-state index contributed by atoms with van der Waals surface area (Å²) in [6, 6.07) is 0. The van der Waals surface area contributed by atoms with Crippen LogP contribution in [-0.4, -0.2) is 36.6 Å². The summed E-state index contributed by atoms with van der Waals surface area (Å²) in [6.07, 6.45) is 9.57. The standard InChI is InChI=1S/C17H23N3O3S/c1-2-9-19-17-20-14(12-24-17)16(22)23-11-15(21)18-10-8-13-6-4-3-5-7-13/h2,6,12H,1,3-5,7-11H2,(H,18,21)(H,19,20). The molecule has 1 heterocycles. The predicted octanol–water partition coefficient (Wildman–Crippen LogP) is 2.90. The van der Waals surface area contributed by atoms with Gasteiger partial charge in [-0.05, 0) is 32.1 Å². The summed E-state index contributed by atoms with van der Waals surface area (Å²) in [6.45, 7) is 4.46. The molecule has 130 valence electrons. The van der Waals surface area contributed by atoms with E-state index in [0.717, 1.165) is 19.3 Å². The van der Waals surface area contributed by atoms with E-state index < -0.39 is 5.97 Å². The third-order valence-corrected chi connectivity index (χ3v) is 4.40. The van der Waals surface area contributed by atoms with E-state index in [9.17, 15) is 9.59 Å². The topological polar surface area (TPSA) is 80.3 Å². The maximum Gasteiger partial charge on any atom is 0.358 e. The molecular weight excluding hydrogens is 326 g/mol. The average Bonchev–Trinajstić information content (AvgIpc) is 3.08. The number of nitrogens with one attached hydrogen (secondary N) is 2. The lowest BCUT2D eigenvalue weighted by Gasteiger charge is -2.12. The van der Waals surface area contributed by atoms with Gasteiger partial charge in [0.15, 0.2) is 17.4 Å². The highest BCUT2D eigenvalue weighted by atomic mass is 32.1. The Bertz CT molecular complexity index is 610. The molecule has 2 N–H and O–H groups in total. The summed E-state index contributed by atoms with van der Waals surface area (Å²) in [5, 5.41) is 7.98. The van der Waals surface area contributed by atoms with Crippen LogP contribution < -0.4 is 10.6 Å². The zero-order valence-electron chi connectivity index (χ0n) is 13.7. The van der Waals surface area contributed by atoms with E-state index >= 15 is 0 Å². The molecule has 24 heavy (non-hydrogen) atoms. The lowest BCUT2D eigenvalue weighted by Crippen LogP contribution is -2.30. The minimum absolute atomic E-state index is 0.201. The first-order chi connectivity index (χ1) is 11.7. The Hall–Kier alpha value is -2.15. The molecule has 0 saturated heterocycles. The fraction of sp³-hybridized carbons (Fsp3) is 0.471. The third kappa shape index (κ3) is 6.16. The molecule has 1 aliphatic carbocycles. The van der Waals surface area contributed by atoms with Gasteiger partial charge < -0.3 is 15.4 Å². The Morgan fingerprint density at radius 2 is 2.29 bits per heavy atom. The zero-order chi connectivity index (χ0) is 17.2. The van der Waals surface area contributed by atoms with Crippen molar-refractivity contribution in [2.45, 2.75) is 32.1 Å². The Morgan fingerprint density at radius 1 is 1.42 bits per heavy atom. The highest BCUT2D eigenvalue weighted by molar-refractivity contribution is 7.13. The van der Waals surface area contributed by atoms with Gasteiger partial charge in [-0.1, -0.05) is 17.7 Å². The number of ether oxygens (including phenoxy) is 1. The molecule has 0 fully saturated rings. The molecule has 2 rings (SSSR count). The van der Waals surface area contributed by atoms with Crippen LogP contribution >= 0.6 is 11.3 Å². The fourth-order valence-corrected chi connectivity index (χ4v) is 3.05. The van der Waals surface area contributed by atoms with Crippen LogP contribution in [0.3, 0.4) is 0 Å². The van der Waals surface area contributed by atoms with Crippen LogP contribution in [-0.2, 0) is 9.53 Å². The maximum atomic E-state index is 11.8. The Labute approximate surface area is 146 Å². The first-order valence-electron chi connectivity index (χ1n) is 8.11. The van der Waals surface area contributed by atoms with Crippen molar-refractivity contribution in [1.29, 1.82) is 0 Å². The molecule has 0 bridgehead atoms. The Kier molecular flexibility index (Phi) is 7.48. The largest absolute Gasteiger partial charge is 0.451 e. The van der Waals surface area contributed by atoms with E-state index in [4.69, 9.17) is 4.74 Å². The minimum atomic E-state index is -0.594. The van der Waals surface area contributed by atoms with Crippen LogP contribution in [0.25, 0.3) is 0 Å². The summed E-state index contributed by atoms with van der Waals surface area (Å²) in [5.74, 6) is -0.886. The van der Waals surface area contributed by atoms with Gasteiger partial charge >= 0.3 is 5.97 Å². The van der Waals surface area contributed by atoms with Crippen molar-refractivity contribution in [3.63, 3.8) is 0 Å². The number of thiazole rings is 1. The smallest absolute Gasteiger partial charge is 0.358 e. The van der Waals surface area contributed by atoms with Crippen molar-refractivity contribution < 1.29 is 14.3 Å². The second-order valence-electron chi connectivity index (χ2n) is 5.49. The molecule has 0 radical (unpaired) electrons. The van der Waals surface area contributed by atoms with Crippen LogP contribution in [0, 0.1) is 0 Å². The summed E-state index contributed by atoms with van der Waals surface area (Å²) >= 11 is 1.30. The normalized spacial score (nSPS) is 13.8. The second-order valence-corrected chi connectivity index (χ2v) is 6.35. The van der Waals surface area contributed by atoms with E-state index in [2.05, 4.69) is 28.3 Å². The van der Waals surface area contributed by atoms with E-state index in [1.165, 1.54) is 29.8 Å². The number of nitrogens with zero attached hydrogens (tertiary/aromatic N) is 1. The number of carbonyl (C=O) groups excluding carboxylic acids is 2. The molecule has 0 unspecified atom stereocenters. The molecular formula is C17H23N3O3S. The molecule has 0 saturated carbocycles. The first kappa shape index (κ1) is 18.2. The number of rotatable bonds is 9. The van der Waals surface area contributed by atoms with Gasteiger partial charge in [0.25, 0.3) is 5.91 Å². The van der Waals surface area contributed by atoms with Crippen molar-refractivity contribution in [3.05, 3.63) is 35.4 Å². The van der Waals surface area contributed by atoms with Crippen LogP contribution in [0.2, 0.25) is 0 Å². The number of anilines is 1. The molecule has 0 atom stereocenters. The van der Waals surface area contributed by atoms with Crippen molar-refractivity contribution >= 4 is 28.3 Å². The quantitative estimate of drug-likeness (QED) is 0.529. The van der Waals surface area contributed by atoms with Crippen molar-refractivity contribution in [2.75, 3.05) is 25.0 Å². The first-order valence-corrected chi connectivity index (χ1v) is 8.99. The molecule has 1 aliphatic rings. The highest BCUT2D eigenvalue weighted by Gasteiger charge is 2.14. The summed E-state index contributed by atoms with van der Waals surface area (Å²) < 4.78 is 4.98. The van der Waals surface area contributed by atoms with Crippen LogP contribution in [0.15, 0.2) is 29.7 Å².